The largest absolute Gasteiger partial charge is 0.313 e. The third-order valence-electron chi connectivity index (χ3n) is 3.06. The average Bonchev–Trinajstić information content (AvgIpc) is 2.89. The van der Waals surface area contributed by atoms with Gasteiger partial charge in [0.2, 0.25) is 0 Å². The lowest BCUT2D eigenvalue weighted by Crippen LogP contribution is -2.11. The van der Waals surface area contributed by atoms with Gasteiger partial charge in [-0.15, -0.1) is 0 Å². The lowest BCUT2D eigenvalue weighted by molar-refractivity contribution is 0.726. The number of hydrogen-bond acceptors (Lipinski definition) is 3. The van der Waals surface area contributed by atoms with Crippen LogP contribution in [0.5, 0.6) is 0 Å². The Morgan fingerprint density at radius 3 is 3.05 bits per heavy atom. The number of pyridine rings is 2. The summed E-state index contributed by atoms with van der Waals surface area (Å²) < 4.78 is 2.04. The third-order valence-corrected chi connectivity index (χ3v) is 3.06. The molecule has 0 aliphatic rings. The summed E-state index contributed by atoms with van der Waals surface area (Å²) in [7, 11) is 0. The van der Waals surface area contributed by atoms with Crippen LogP contribution in [0.4, 0.5) is 0 Å². The van der Waals surface area contributed by atoms with Gasteiger partial charge in [0.25, 0.3) is 0 Å². The molecule has 0 amide bonds. The van der Waals surface area contributed by atoms with Crippen molar-refractivity contribution in [2.24, 2.45) is 0 Å². The Kier molecular flexibility index (Phi) is 3.25. The van der Waals surface area contributed by atoms with E-state index in [0.717, 1.165) is 30.0 Å². The van der Waals surface area contributed by atoms with Gasteiger partial charge in [-0.05, 0) is 36.4 Å². The Morgan fingerprint density at radius 1 is 1.32 bits per heavy atom. The van der Waals surface area contributed by atoms with Crippen molar-refractivity contribution in [3.63, 3.8) is 0 Å². The zero-order chi connectivity index (χ0) is 13.1. The van der Waals surface area contributed by atoms with Crippen LogP contribution < -0.4 is 5.32 Å². The molecule has 4 heteroatoms. The van der Waals surface area contributed by atoms with Crippen molar-refractivity contribution < 1.29 is 0 Å². The number of aromatic nitrogens is 3. The SMILES string of the molecule is CCNCc1ccn2cc(-c3cccnc3)nc2c1. The summed E-state index contributed by atoms with van der Waals surface area (Å²) in [5.74, 6) is 0. The molecule has 3 aromatic heterocycles. The number of imidazole rings is 1. The molecule has 0 fully saturated rings. The molecule has 0 bridgehead atoms. The number of hydrogen-bond donors (Lipinski definition) is 1. The molecule has 3 rings (SSSR count). The quantitative estimate of drug-likeness (QED) is 0.775. The molecule has 0 unspecified atom stereocenters. The van der Waals surface area contributed by atoms with Gasteiger partial charge in [0.1, 0.15) is 5.65 Å². The van der Waals surface area contributed by atoms with E-state index in [4.69, 9.17) is 0 Å². The van der Waals surface area contributed by atoms with Crippen LogP contribution in [0, 0.1) is 0 Å². The second-order valence-corrected chi connectivity index (χ2v) is 4.45. The molecule has 0 aliphatic heterocycles. The van der Waals surface area contributed by atoms with Gasteiger partial charge < -0.3 is 9.72 Å². The second kappa shape index (κ2) is 5.20. The molecule has 3 heterocycles. The second-order valence-electron chi connectivity index (χ2n) is 4.45. The standard InChI is InChI=1S/C15H16N4/c1-2-16-9-12-5-7-19-11-14(18-15(19)8-12)13-4-3-6-17-10-13/h3-8,10-11,16H,2,9H2,1H3. The van der Waals surface area contributed by atoms with Crippen LogP contribution in [0.2, 0.25) is 0 Å². The molecular weight excluding hydrogens is 236 g/mol. The van der Waals surface area contributed by atoms with E-state index in [1.807, 2.05) is 28.9 Å². The van der Waals surface area contributed by atoms with E-state index in [9.17, 15) is 0 Å². The average molecular weight is 252 g/mol. The van der Waals surface area contributed by atoms with Gasteiger partial charge in [0.05, 0.1) is 5.69 Å². The fraction of sp³-hybridized carbons (Fsp3) is 0.200. The molecule has 0 spiro atoms. The maximum Gasteiger partial charge on any atom is 0.137 e. The number of nitrogens with zero attached hydrogens (tertiary/aromatic N) is 3. The number of rotatable bonds is 4. The van der Waals surface area contributed by atoms with E-state index in [-0.39, 0.29) is 0 Å². The molecule has 0 radical (unpaired) electrons. The molecule has 0 aliphatic carbocycles. The summed E-state index contributed by atoms with van der Waals surface area (Å²) in [5.41, 5.74) is 4.21. The van der Waals surface area contributed by atoms with Gasteiger partial charge in [0, 0.05) is 36.9 Å². The fourth-order valence-electron chi connectivity index (χ4n) is 2.06. The smallest absolute Gasteiger partial charge is 0.137 e. The topological polar surface area (TPSA) is 42.2 Å². The normalized spacial score (nSPS) is 11.0. The zero-order valence-corrected chi connectivity index (χ0v) is 10.9. The van der Waals surface area contributed by atoms with Crippen molar-refractivity contribution in [3.8, 4) is 11.3 Å². The molecule has 3 aromatic rings. The molecular formula is C15H16N4. The Hall–Kier alpha value is -2.20. The monoisotopic (exact) mass is 252 g/mol. The highest BCUT2D eigenvalue weighted by molar-refractivity contribution is 5.61. The summed E-state index contributed by atoms with van der Waals surface area (Å²) >= 11 is 0. The predicted molar refractivity (Wildman–Crippen MR) is 75.8 cm³/mol. The summed E-state index contributed by atoms with van der Waals surface area (Å²) in [6.45, 7) is 3.96. The minimum absolute atomic E-state index is 0.877. The molecule has 96 valence electrons. The van der Waals surface area contributed by atoms with Crippen LogP contribution in [-0.2, 0) is 6.54 Å². The first-order valence-electron chi connectivity index (χ1n) is 6.45. The lowest BCUT2D eigenvalue weighted by atomic mass is 10.2. The summed E-state index contributed by atoms with van der Waals surface area (Å²) in [4.78, 5) is 8.78. The molecule has 1 N–H and O–H groups in total. The van der Waals surface area contributed by atoms with Crippen LogP contribution >= 0.6 is 0 Å². The Morgan fingerprint density at radius 2 is 2.26 bits per heavy atom. The summed E-state index contributed by atoms with van der Waals surface area (Å²) in [6.07, 6.45) is 7.69. The number of fused-ring (bicyclic) bond motifs is 1. The van der Waals surface area contributed by atoms with E-state index in [0.29, 0.717) is 0 Å². The van der Waals surface area contributed by atoms with Crippen LogP contribution in [0.3, 0.4) is 0 Å². The van der Waals surface area contributed by atoms with Crippen molar-refractivity contribution in [1.82, 2.24) is 19.7 Å². The van der Waals surface area contributed by atoms with E-state index in [1.54, 1.807) is 6.20 Å². The van der Waals surface area contributed by atoms with Crippen LogP contribution in [0.15, 0.2) is 49.1 Å². The number of nitrogens with one attached hydrogen (secondary N) is 1. The first-order valence-corrected chi connectivity index (χ1v) is 6.45. The van der Waals surface area contributed by atoms with Gasteiger partial charge in [-0.1, -0.05) is 6.92 Å². The van der Waals surface area contributed by atoms with Crippen molar-refractivity contribution >= 4 is 5.65 Å². The molecule has 0 atom stereocenters. The Bertz CT molecular complexity index is 673. The van der Waals surface area contributed by atoms with E-state index < -0.39 is 0 Å². The van der Waals surface area contributed by atoms with E-state index >= 15 is 0 Å². The molecule has 0 saturated carbocycles. The van der Waals surface area contributed by atoms with E-state index in [2.05, 4.69) is 40.5 Å². The maximum atomic E-state index is 4.65. The van der Waals surface area contributed by atoms with Crippen LogP contribution in [-0.4, -0.2) is 20.9 Å². The van der Waals surface area contributed by atoms with Crippen molar-refractivity contribution in [3.05, 3.63) is 54.6 Å². The molecule has 19 heavy (non-hydrogen) atoms. The lowest BCUT2D eigenvalue weighted by Gasteiger charge is -2.01. The summed E-state index contributed by atoms with van der Waals surface area (Å²) in [5, 5.41) is 3.32. The van der Waals surface area contributed by atoms with Crippen molar-refractivity contribution in [2.45, 2.75) is 13.5 Å². The highest BCUT2D eigenvalue weighted by atomic mass is 15.0. The summed E-state index contributed by atoms with van der Waals surface area (Å²) in [6, 6.07) is 8.18. The van der Waals surface area contributed by atoms with Crippen LogP contribution in [0.25, 0.3) is 16.9 Å². The van der Waals surface area contributed by atoms with E-state index in [1.165, 1.54) is 5.56 Å². The molecule has 0 saturated heterocycles. The minimum Gasteiger partial charge on any atom is -0.313 e. The zero-order valence-electron chi connectivity index (χ0n) is 10.9. The molecule has 0 aromatic carbocycles. The van der Waals surface area contributed by atoms with Gasteiger partial charge in [-0.25, -0.2) is 4.98 Å². The van der Waals surface area contributed by atoms with Gasteiger partial charge in [-0.3, -0.25) is 4.98 Å². The Balaban J connectivity index is 1.97. The van der Waals surface area contributed by atoms with Gasteiger partial charge in [0.15, 0.2) is 0 Å². The van der Waals surface area contributed by atoms with Gasteiger partial charge >= 0.3 is 0 Å². The van der Waals surface area contributed by atoms with Crippen LogP contribution in [0.1, 0.15) is 12.5 Å². The fourth-order valence-corrected chi connectivity index (χ4v) is 2.06. The highest BCUT2D eigenvalue weighted by Gasteiger charge is 2.04. The first-order chi connectivity index (χ1) is 9.36. The predicted octanol–water partition coefficient (Wildman–Crippen LogP) is 2.51. The third kappa shape index (κ3) is 2.48. The maximum absolute atomic E-state index is 4.65. The molecule has 4 nitrogen and oxygen atoms in total. The first kappa shape index (κ1) is 11.9. The van der Waals surface area contributed by atoms with Gasteiger partial charge in [-0.2, -0.15) is 0 Å². The highest BCUT2D eigenvalue weighted by Crippen LogP contribution is 2.18. The minimum atomic E-state index is 0.877. The van der Waals surface area contributed by atoms with Crippen molar-refractivity contribution in [1.29, 1.82) is 0 Å². The Labute approximate surface area is 112 Å². The van der Waals surface area contributed by atoms with Crippen molar-refractivity contribution in [2.75, 3.05) is 6.54 Å².